The van der Waals surface area contributed by atoms with Crippen molar-refractivity contribution in [3.05, 3.63) is 63.3 Å². The average molecular weight is 418 g/mol. The van der Waals surface area contributed by atoms with Gasteiger partial charge in [-0.2, -0.15) is 0 Å². The van der Waals surface area contributed by atoms with Crippen LogP contribution in [0.25, 0.3) is 10.9 Å². The molecule has 0 spiro atoms. The number of aromatic nitrogens is 1. The molecule has 3 aromatic rings. The zero-order chi connectivity index (χ0) is 20.0. The van der Waals surface area contributed by atoms with E-state index in [4.69, 9.17) is 33.7 Å². The first-order chi connectivity index (χ1) is 13.3. The van der Waals surface area contributed by atoms with Crippen molar-refractivity contribution in [2.75, 3.05) is 6.61 Å². The number of fused-ring (bicyclic) bond motifs is 2. The minimum absolute atomic E-state index is 0.193. The molecule has 4 rings (SSSR count). The Morgan fingerprint density at radius 3 is 2.75 bits per heavy atom. The largest absolute Gasteiger partial charge is 0.493 e. The Morgan fingerprint density at radius 1 is 1.21 bits per heavy atom. The van der Waals surface area contributed by atoms with Gasteiger partial charge in [0.05, 0.1) is 23.2 Å². The van der Waals surface area contributed by atoms with Crippen LogP contribution in [-0.4, -0.2) is 23.0 Å². The van der Waals surface area contributed by atoms with Crippen molar-refractivity contribution in [3.63, 3.8) is 0 Å². The summed E-state index contributed by atoms with van der Waals surface area (Å²) in [4.78, 5) is 24.4. The molecule has 8 heteroatoms. The first kappa shape index (κ1) is 18.7. The molecule has 3 N–H and O–H groups in total. The molecule has 0 aliphatic carbocycles. The molecule has 0 unspecified atom stereocenters. The number of nitrogens with zero attached hydrogens (tertiary/aromatic N) is 1. The summed E-state index contributed by atoms with van der Waals surface area (Å²) < 4.78 is 7.44. The summed E-state index contributed by atoms with van der Waals surface area (Å²) in [6, 6.07) is 10.2. The molecule has 6 nitrogen and oxygen atoms in total. The van der Waals surface area contributed by atoms with Crippen LogP contribution in [0.5, 0.6) is 5.75 Å². The molecule has 2 heterocycles. The van der Waals surface area contributed by atoms with Crippen molar-refractivity contribution >= 4 is 45.9 Å². The number of ether oxygens (including phenoxy) is 1. The van der Waals surface area contributed by atoms with E-state index in [-0.39, 0.29) is 22.5 Å². The normalized spacial score (nSPS) is 15.8. The molecule has 1 atom stereocenters. The predicted octanol–water partition coefficient (Wildman–Crippen LogP) is 3.84. The number of primary amides is 1. The second-order valence-corrected chi connectivity index (χ2v) is 7.53. The van der Waals surface area contributed by atoms with Gasteiger partial charge < -0.3 is 20.4 Å². The van der Waals surface area contributed by atoms with E-state index in [9.17, 15) is 9.59 Å². The van der Waals surface area contributed by atoms with Crippen LogP contribution in [0.3, 0.4) is 0 Å². The van der Waals surface area contributed by atoms with Crippen LogP contribution >= 0.6 is 23.2 Å². The number of hydrogen-bond acceptors (Lipinski definition) is 3. The summed E-state index contributed by atoms with van der Waals surface area (Å²) in [5, 5.41) is 4.81. The molecule has 2 aromatic carbocycles. The summed E-state index contributed by atoms with van der Waals surface area (Å²) in [6.07, 6.45) is 0.584. The third-order valence-corrected chi connectivity index (χ3v) is 5.50. The SMILES string of the molecule is Cn1c(C(=O)N[C@@H]2CCOc3cc(C(N)=O)c(Cl)cc32)cc2ccc(Cl)cc21. The Hall–Kier alpha value is -2.70. The van der Waals surface area contributed by atoms with Gasteiger partial charge in [-0.15, -0.1) is 0 Å². The van der Waals surface area contributed by atoms with Crippen LogP contribution < -0.4 is 15.8 Å². The van der Waals surface area contributed by atoms with E-state index in [0.717, 1.165) is 16.5 Å². The second kappa shape index (κ2) is 7.04. The molecule has 2 amide bonds. The Morgan fingerprint density at radius 2 is 2.00 bits per heavy atom. The molecule has 1 aliphatic rings. The number of nitrogens with two attached hydrogens (primary N) is 1. The van der Waals surface area contributed by atoms with Gasteiger partial charge in [0.15, 0.2) is 0 Å². The fourth-order valence-electron chi connectivity index (χ4n) is 3.50. The third-order valence-electron chi connectivity index (χ3n) is 4.95. The lowest BCUT2D eigenvalue weighted by molar-refractivity contribution is 0.0915. The number of rotatable bonds is 3. The quantitative estimate of drug-likeness (QED) is 0.678. The van der Waals surface area contributed by atoms with Crippen LogP contribution in [0.1, 0.15) is 38.9 Å². The van der Waals surface area contributed by atoms with Crippen LogP contribution in [-0.2, 0) is 7.05 Å². The monoisotopic (exact) mass is 417 g/mol. The molecule has 0 saturated carbocycles. The molecule has 144 valence electrons. The van der Waals surface area contributed by atoms with E-state index in [2.05, 4.69) is 5.32 Å². The van der Waals surface area contributed by atoms with Crippen molar-refractivity contribution in [1.29, 1.82) is 0 Å². The van der Waals surface area contributed by atoms with E-state index in [1.165, 1.54) is 6.07 Å². The number of carbonyl (C=O) groups excluding carboxylic acids is 2. The fraction of sp³-hybridized carbons (Fsp3) is 0.200. The third kappa shape index (κ3) is 3.19. The molecular formula is C20H17Cl2N3O3. The van der Waals surface area contributed by atoms with Crippen LogP contribution in [0.4, 0.5) is 0 Å². The van der Waals surface area contributed by atoms with E-state index in [1.54, 1.807) is 16.7 Å². The maximum Gasteiger partial charge on any atom is 0.268 e. The second-order valence-electron chi connectivity index (χ2n) is 6.69. The zero-order valence-corrected chi connectivity index (χ0v) is 16.5. The van der Waals surface area contributed by atoms with E-state index < -0.39 is 5.91 Å². The minimum atomic E-state index is -0.628. The minimum Gasteiger partial charge on any atom is -0.493 e. The van der Waals surface area contributed by atoms with E-state index in [0.29, 0.717) is 29.5 Å². The van der Waals surface area contributed by atoms with E-state index >= 15 is 0 Å². The lowest BCUT2D eigenvalue weighted by Crippen LogP contribution is -2.33. The van der Waals surface area contributed by atoms with Gasteiger partial charge >= 0.3 is 0 Å². The summed E-state index contributed by atoms with van der Waals surface area (Å²) >= 11 is 12.3. The molecule has 28 heavy (non-hydrogen) atoms. The average Bonchev–Trinajstić information content (AvgIpc) is 2.98. The maximum atomic E-state index is 12.9. The van der Waals surface area contributed by atoms with Crippen LogP contribution in [0.2, 0.25) is 10.0 Å². The number of aryl methyl sites for hydroxylation is 1. The van der Waals surface area contributed by atoms with Gasteiger partial charge in [-0.3, -0.25) is 9.59 Å². The van der Waals surface area contributed by atoms with Crippen LogP contribution in [0, 0.1) is 0 Å². The number of nitrogens with one attached hydrogen (secondary N) is 1. The molecule has 0 saturated heterocycles. The predicted molar refractivity (Wildman–Crippen MR) is 108 cm³/mol. The van der Waals surface area contributed by atoms with Crippen molar-refractivity contribution in [2.45, 2.75) is 12.5 Å². The zero-order valence-electron chi connectivity index (χ0n) is 15.0. The smallest absolute Gasteiger partial charge is 0.268 e. The molecule has 0 bridgehead atoms. The van der Waals surface area contributed by atoms with Crippen molar-refractivity contribution in [3.8, 4) is 5.75 Å². The molecule has 0 fully saturated rings. The highest BCUT2D eigenvalue weighted by molar-refractivity contribution is 6.34. The number of benzene rings is 2. The topological polar surface area (TPSA) is 86.3 Å². The highest BCUT2D eigenvalue weighted by atomic mass is 35.5. The molecule has 1 aliphatic heterocycles. The van der Waals surface area contributed by atoms with Gasteiger partial charge in [-0.25, -0.2) is 0 Å². The Labute approximate surface area is 171 Å². The van der Waals surface area contributed by atoms with Gasteiger partial charge in [-0.1, -0.05) is 29.3 Å². The number of hydrogen-bond donors (Lipinski definition) is 2. The van der Waals surface area contributed by atoms with Crippen molar-refractivity contribution in [1.82, 2.24) is 9.88 Å². The summed E-state index contributed by atoms with van der Waals surface area (Å²) in [6.45, 7) is 0.405. The standard InChI is InChI=1S/C20H17Cl2N3O3/c1-25-16-7-11(21)3-2-10(16)6-17(25)20(27)24-15-4-5-28-18-9-12(19(23)26)14(22)8-13(15)18/h2-3,6-9,15H,4-5H2,1H3,(H2,23,26)(H,24,27)/t15-/m1/s1. The van der Waals surface area contributed by atoms with E-state index in [1.807, 2.05) is 25.2 Å². The Bertz CT molecular complexity index is 1120. The maximum absolute atomic E-state index is 12.9. The highest BCUT2D eigenvalue weighted by Crippen LogP contribution is 2.36. The first-order valence-electron chi connectivity index (χ1n) is 8.67. The summed E-state index contributed by atoms with van der Waals surface area (Å²) in [5.41, 5.74) is 7.65. The van der Waals surface area contributed by atoms with Gasteiger partial charge in [0.25, 0.3) is 5.91 Å². The highest BCUT2D eigenvalue weighted by Gasteiger charge is 2.27. The van der Waals surface area contributed by atoms with Crippen molar-refractivity contribution < 1.29 is 14.3 Å². The van der Waals surface area contributed by atoms with Gasteiger partial charge in [-0.05, 0) is 30.3 Å². The van der Waals surface area contributed by atoms with Gasteiger partial charge in [0.1, 0.15) is 11.4 Å². The summed E-state index contributed by atoms with van der Waals surface area (Å²) in [5.74, 6) is -0.349. The fourth-order valence-corrected chi connectivity index (χ4v) is 3.93. The number of carbonyl (C=O) groups is 2. The lowest BCUT2D eigenvalue weighted by atomic mass is 9.98. The summed E-state index contributed by atoms with van der Waals surface area (Å²) in [7, 11) is 1.82. The van der Waals surface area contributed by atoms with Gasteiger partial charge in [0.2, 0.25) is 5.91 Å². The van der Waals surface area contributed by atoms with Gasteiger partial charge in [0, 0.05) is 35.0 Å². The van der Waals surface area contributed by atoms with Crippen LogP contribution in [0.15, 0.2) is 36.4 Å². The first-order valence-corrected chi connectivity index (χ1v) is 9.42. The number of amides is 2. The number of halogens is 2. The lowest BCUT2D eigenvalue weighted by Gasteiger charge is -2.27. The van der Waals surface area contributed by atoms with Crippen molar-refractivity contribution in [2.24, 2.45) is 12.8 Å². The molecular weight excluding hydrogens is 401 g/mol. The Kier molecular flexibility index (Phi) is 4.69. The Balaban J connectivity index is 1.66. The molecule has 0 radical (unpaired) electrons. The molecule has 1 aromatic heterocycles.